The predicted octanol–water partition coefficient (Wildman–Crippen LogP) is 3.39. The van der Waals surface area contributed by atoms with Crippen molar-refractivity contribution < 1.29 is 9.84 Å². The monoisotopic (exact) mass is 236 g/mol. The van der Waals surface area contributed by atoms with Gasteiger partial charge in [0.05, 0.1) is 6.61 Å². The third-order valence-corrected chi connectivity index (χ3v) is 3.05. The summed E-state index contributed by atoms with van der Waals surface area (Å²) in [7, 11) is 0. The van der Waals surface area contributed by atoms with Crippen LogP contribution in [-0.4, -0.2) is 18.3 Å². The molecule has 0 heterocycles. The van der Waals surface area contributed by atoms with Gasteiger partial charge in [-0.3, -0.25) is 0 Å². The lowest BCUT2D eigenvalue weighted by molar-refractivity contribution is 0.0873. The summed E-state index contributed by atoms with van der Waals surface area (Å²) in [5.74, 6) is 0. The van der Waals surface area contributed by atoms with Crippen LogP contribution in [0.2, 0.25) is 0 Å². The van der Waals surface area contributed by atoms with Gasteiger partial charge in [0.1, 0.15) is 0 Å². The Bertz CT molecular complexity index is 293. The maximum absolute atomic E-state index is 8.82. The Morgan fingerprint density at radius 2 is 1.82 bits per heavy atom. The average Bonchev–Trinajstić information content (AvgIpc) is 2.34. The minimum atomic E-state index is 0.263. The molecule has 0 fully saturated rings. The van der Waals surface area contributed by atoms with Crippen LogP contribution >= 0.6 is 0 Å². The van der Waals surface area contributed by atoms with Gasteiger partial charge in [0, 0.05) is 13.2 Å². The van der Waals surface area contributed by atoms with Crippen LogP contribution in [0.5, 0.6) is 0 Å². The fourth-order valence-electron chi connectivity index (χ4n) is 1.80. The van der Waals surface area contributed by atoms with Crippen molar-refractivity contribution >= 4 is 0 Å². The van der Waals surface area contributed by atoms with Crippen molar-refractivity contribution in [1.29, 1.82) is 0 Å². The molecule has 2 nitrogen and oxygen atoms in total. The maximum atomic E-state index is 8.82. The first-order chi connectivity index (χ1) is 8.14. The topological polar surface area (TPSA) is 29.5 Å². The second kappa shape index (κ2) is 7.46. The fourth-order valence-corrected chi connectivity index (χ4v) is 1.80. The van der Waals surface area contributed by atoms with Gasteiger partial charge in [0.25, 0.3) is 0 Å². The third kappa shape index (κ3) is 6.44. The Hall–Kier alpha value is -0.860. The zero-order chi connectivity index (χ0) is 12.6. The van der Waals surface area contributed by atoms with E-state index in [1.165, 1.54) is 5.56 Å². The molecule has 0 radical (unpaired) electrons. The Labute approximate surface area is 105 Å². The van der Waals surface area contributed by atoms with E-state index in [0.29, 0.717) is 6.61 Å². The molecule has 0 unspecified atom stereocenters. The Kier molecular flexibility index (Phi) is 6.23. The molecule has 96 valence electrons. The molecule has 1 aromatic carbocycles. The highest BCUT2D eigenvalue weighted by Gasteiger charge is 2.16. The molecule has 1 N–H and O–H groups in total. The first kappa shape index (κ1) is 14.2. The van der Waals surface area contributed by atoms with Crippen molar-refractivity contribution in [1.82, 2.24) is 0 Å². The van der Waals surface area contributed by atoms with Gasteiger partial charge in [-0.2, -0.15) is 0 Å². The predicted molar refractivity (Wildman–Crippen MR) is 70.8 cm³/mol. The summed E-state index contributed by atoms with van der Waals surface area (Å²) in [6.07, 6.45) is 2.98. The van der Waals surface area contributed by atoms with Gasteiger partial charge in [-0.15, -0.1) is 0 Å². The summed E-state index contributed by atoms with van der Waals surface area (Å²) in [5, 5.41) is 8.82. The first-order valence-corrected chi connectivity index (χ1v) is 6.36. The number of aliphatic hydroxyl groups excluding tert-OH is 1. The highest BCUT2D eigenvalue weighted by Crippen LogP contribution is 2.26. The van der Waals surface area contributed by atoms with Gasteiger partial charge < -0.3 is 9.84 Å². The lowest BCUT2D eigenvalue weighted by Gasteiger charge is -2.24. The van der Waals surface area contributed by atoms with Crippen LogP contribution in [0.3, 0.4) is 0 Å². The molecule has 0 aliphatic carbocycles. The van der Waals surface area contributed by atoms with Crippen molar-refractivity contribution in [3.05, 3.63) is 35.9 Å². The molecule has 0 aliphatic heterocycles. The van der Waals surface area contributed by atoms with E-state index in [1.807, 2.05) is 18.2 Å². The SMILES string of the molecule is CC(C)(CCCO)CCOCc1ccccc1. The highest BCUT2D eigenvalue weighted by molar-refractivity contribution is 5.13. The molecule has 0 aliphatic rings. The Balaban J connectivity index is 2.15. The van der Waals surface area contributed by atoms with Gasteiger partial charge in [0.2, 0.25) is 0 Å². The van der Waals surface area contributed by atoms with E-state index in [4.69, 9.17) is 9.84 Å². The van der Waals surface area contributed by atoms with E-state index in [1.54, 1.807) is 0 Å². The van der Waals surface area contributed by atoms with Crippen LogP contribution in [0.1, 0.15) is 38.7 Å². The second-order valence-electron chi connectivity index (χ2n) is 5.28. The second-order valence-corrected chi connectivity index (χ2v) is 5.28. The summed E-state index contributed by atoms with van der Waals surface area (Å²) in [5.41, 5.74) is 1.49. The molecule has 1 aromatic rings. The smallest absolute Gasteiger partial charge is 0.0716 e. The van der Waals surface area contributed by atoms with Crippen molar-refractivity contribution in [2.45, 2.75) is 39.7 Å². The summed E-state index contributed by atoms with van der Waals surface area (Å²) in [6, 6.07) is 10.2. The number of ether oxygens (including phenoxy) is 1. The van der Waals surface area contributed by atoms with Crippen LogP contribution in [0.15, 0.2) is 30.3 Å². The Morgan fingerprint density at radius 3 is 2.47 bits per heavy atom. The molecular formula is C15H24O2. The molecule has 2 heteroatoms. The summed E-state index contributed by atoms with van der Waals surface area (Å²) in [4.78, 5) is 0. The first-order valence-electron chi connectivity index (χ1n) is 6.36. The molecule has 0 saturated heterocycles. The molecule has 17 heavy (non-hydrogen) atoms. The van der Waals surface area contributed by atoms with Gasteiger partial charge in [-0.05, 0) is 30.2 Å². The van der Waals surface area contributed by atoms with Crippen LogP contribution in [0, 0.1) is 5.41 Å². The molecule has 0 aromatic heterocycles. The molecule has 1 rings (SSSR count). The zero-order valence-corrected chi connectivity index (χ0v) is 11.0. The van der Waals surface area contributed by atoms with E-state index in [2.05, 4.69) is 26.0 Å². The lowest BCUT2D eigenvalue weighted by atomic mass is 9.85. The quantitative estimate of drug-likeness (QED) is 0.701. The number of hydrogen-bond acceptors (Lipinski definition) is 2. The van der Waals surface area contributed by atoms with Gasteiger partial charge in [-0.25, -0.2) is 0 Å². The normalized spacial score (nSPS) is 11.7. The summed E-state index contributed by atoms with van der Waals surface area (Å²) in [6.45, 7) is 6.22. The minimum Gasteiger partial charge on any atom is -0.396 e. The summed E-state index contributed by atoms with van der Waals surface area (Å²) >= 11 is 0. The zero-order valence-electron chi connectivity index (χ0n) is 11.0. The number of rotatable bonds is 8. The molecular weight excluding hydrogens is 212 g/mol. The molecule has 0 atom stereocenters. The largest absolute Gasteiger partial charge is 0.396 e. The van der Waals surface area contributed by atoms with E-state index < -0.39 is 0 Å². The van der Waals surface area contributed by atoms with Crippen molar-refractivity contribution in [2.75, 3.05) is 13.2 Å². The number of aliphatic hydroxyl groups is 1. The highest BCUT2D eigenvalue weighted by atomic mass is 16.5. The molecule has 0 saturated carbocycles. The summed E-state index contributed by atoms with van der Waals surface area (Å²) < 4.78 is 5.67. The van der Waals surface area contributed by atoms with Crippen molar-refractivity contribution in [3.63, 3.8) is 0 Å². The van der Waals surface area contributed by atoms with Crippen LogP contribution in [-0.2, 0) is 11.3 Å². The lowest BCUT2D eigenvalue weighted by Crippen LogP contribution is -2.15. The van der Waals surface area contributed by atoms with Crippen molar-refractivity contribution in [3.8, 4) is 0 Å². The Morgan fingerprint density at radius 1 is 1.12 bits per heavy atom. The average molecular weight is 236 g/mol. The molecule has 0 bridgehead atoms. The minimum absolute atomic E-state index is 0.263. The van der Waals surface area contributed by atoms with E-state index in [-0.39, 0.29) is 12.0 Å². The number of hydrogen-bond donors (Lipinski definition) is 1. The van der Waals surface area contributed by atoms with Crippen LogP contribution in [0.4, 0.5) is 0 Å². The van der Waals surface area contributed by atoms with Crippen LogP contribution < -0.4 is 0 Å². The molecule has 0 spiro atoms. The van der Waals surface area contributed by atoms with Crippen LogP contribution in [0.25, 0.3) is 0 Å². The van der Waals surface area contributed by atoms with Crippen molar-refractivity contribution in [2.24, 2.45) is 5.41 Å². The maximum Gasteiger partial charge on any atom is 0.0716 e. The fraction of sp³-hybridized carbons (Fsp3) is 0.600. The number of benzene rings is 1. The van der Waals surface area contributed by atoms with Gasteiger partial charge in [-0.1, -0.05) is 44.2 Å². The van der Waals surface area contributed by atoms with E-state index in [0.717, 1.165) is 25.9 Å². The van der Waals surface area contributed by atoms with Gasteiger partial charge >= 0.3 is 0 Å². The molecule has 0 amide bonds. The van der Waals surface area contributed by atoms with Gasteiger partial charge in [0.15, 0.2) is 0 Å². The standard InChI is InChI=1S/C15H24O2/c1-15(2,9-6-11-16)10-12-17-13-14-7-4-3-5-8-14/h3-5,7-8,16H,6,9-13H2,1-2H3. The third-order valence-electron chi connectivity index (χ3n) is 3.05. The van der Waals surface area contributed by atoms with E-state index in [9.17, 15) is 0 Å². The van der Waals surface area contributed by atoms with E-state index >= 15 is 0 Å².